The highest BCUT2D eigenvalue weighted by atomic mass is 35.5. The van der Waals surface area contributed by atoms with Crippen LogP contribution in [0.25, 0.3) is 0 Å². The van der Waals surface area contributed by atoms with E-state index in [2.05, 4.69) is 23.0 Å². The average molecular weight is 365 g/mol. The Labute approximate surface area is 153 Å². The van der Waals surface area contributed by atoms with Crippen molar-refractivity contribution < 1.29 is 0 Å². The van der Waals surface area contributed by atoms with Crippen LogP contribution in [0.5, 0.6) is 0 Å². The van der Waals surface area contributed by atoms with Crippen molar-refractivity contribution in [3.8, 4) is 0 Å². The zero-order valence-electron chi connectivity index (χ0n) is 14.0. The summed E-state index contributed by atoms with van der Waals surface area (Å²) in [5, 5.41) is 0.952. The summed E-state index contributed by atoms with van der Waals surface area (Å²) >= 11 is 7.92. The minimum atomic E-state index is 0.0623. The first kappa shape index (κ1) is 19.2. The Hall–Kier alpha value is -1.14. The highest BCUT2D eigenvalue weighted by Crippen LogP contribution is 2.22. The molecule has 2 unspecified atom stereocenters. The molecule has 4 N–H and O–H groups in total. The maximum absolute atomic E-state index is 6.35. The van der Waals surface area contributed by atoms with E-state index in [9.17, 15) is 0 Å². The minimum Gasteiger partial charge on any atom is -0.329 e. The molecule has 0 aliphatic rings. The molecule has 0 spiro atoms. The van der Waals surface area contributed by atoms with Crippen LogP contribution in [0.1, 0.15) is 29.8 Å². The fraction of sp³-hybridized carbons (Fsp3) is 0.444. The fourth-order valence-corrected chi connectivity index (χ4v) is 3.81. The summed E-state index contributed by atoms with van der Waals surface area (Å²) in [4.78, 5) is 8.70. The van der Waals surface area contributed by atoms with Crippen LogP contribution in [0.2, 0.25) is 5.02 Å². The molecule has 0 radical (unpaired) electrons. The van der Waals surface area contributed by atoms with Gasteiger partial charge in [-0.2, -0.15) is 0 Å². The number of aryl methyl sites for hydroxylation is 2. The first-order chi connectivity index (χ1) is 11.6. The van der Waals surface area contributed by atoms with Gasteiger partial charge in [-0.25, -0.2) is 0 Å². The van der Waals surface area contributed by atoms with E-state index in [4.69, 9.17) is 23.1 Å². The quantitative estimate of drug-likeness (QED) is 0.713. The Bertz CT molecular complexity index is 638. The molecule has 0 amide bonds. The Morgan fingerprint density at radius 2 is 2.08 bits per heavy atom. The number of nitrogens with two attached hydrogens (primary N) is 2. The number of hydrogen-bond donors (Lipinski definition) is 2. The second kappa shape index (κ2) is 9.99. The summed E-state index contributed by atoms with van der Waals surface area (Å²) in [6, 6.07) is 7.89. The Balaban J connectivity index is 1.78. The Kier molecular flexibility index (Phi) is 7.99. The monoisotopic (exact) mass is 364 g/mol. The third-order valence-electron chi connectivity index (χ3n) is 3.91. The van der Waals surface area contributed by atoms with Crippen molar-refractivity contribution in [1.82, 2.24) is 9.97 Å². The molecule has 4 nitrogen and oxygen atoms in total. The van der Waals surface area contributed by atoms with Gasteiger partial charge >= 0.3 is 0 Å². The molecule has 0 bridgehead atoms. The van der Waals surface area contributed by atoms with Crippen molar-refractivity contribution in [2.75, 3.05) is 6.54 Å². The number of aromatic nitrogens is 2. The van der Waals surface area contributed by atoms with Crippen LogP contribution in [0, 0.1) is 6.92 Å². The van der Waals surface area contributed by atoms with Crippen LogP contribution >= 0.6 is 23.4 Å². The lowest BCUT2D eigenvalue weighted by molar-refractivity contribution is 0.560. The summed E-state index contributed by atoms with van der Waals surface area (Å²) < 4.78 is 0. The predicted octanol–water partition coefficient (Wildman–Crippen LogP) is 3.35. The van der Waals surface area contributed by atoms with Gasteiger partial charge < -0.3 is 11.5 Å². The summed E-state index contributed by atoms with van der Waals surface area (Å²) in [5.41, 5.74) is 15.5. The summed E-state index contributed by atoms with van der Waals surface area (Å²) in [5.74, 6) is 0.837. The van der Waals surface area contributed by atoms with Crippen LogP contribution in [0.3, 0.4) is 0 Å². The van der Waals surface area contributed by atoms with Gasteiger partial charge in [0, 0.05) is 36.0 Å². The molecule has 0 aliphatic carbocycles. The van der Waals surface area contributed by atoms with Crippen LogP contribution in [-0.2, 0) is 12.2 Å². The zero-order valence-corrected chi connectivity index (χ0v) is 15.6. The van der Waals surface area contributed by atoms with Crippen molar-refractivity contribution in [3.63, 3.8) is 0 Å². The van der Waals surface area contributed by atoms with Gasteiger partial charge in [0.2, 0.25) is 0 Å². The van der Waals surface area contributed by atoms with Crippen molar-refractivity contribution in [2.24, 2.45) is 11.5 Å². The average Bonchev–Trinajstić information content (AvgIpc) is 2.57. The lowest BCUT2D eigenvalue weighted by atomic mass is 10.1. The third kappa shape index (κ3) is 6.06. The van der Waals surface area contributed by atoms with Gasteiger partial charge in [-0.05, 0) is 56.0 Å². The zero-order chi connectivity index (χ0) is 17.4. The van der Waals surface area contributed by atoms with Crippen molar-refractivity contribution in [2.45, 2.75) is 43.2 Å². The molecule has 6 heteroatoms. The molecular weight excluding hydrogens is 340 g/mol. The van der Waals surface area contributed by atoms with E-state index in [1.165, 1.54) is 5.56 Å². The van der Waals surface area contributed by atoms with Crippen molar-refractivity contribution in [3.05, 3.63) is 58.6 Å². The second-order valence-electron chi connectivity index (χ2n) is 5.90. The fourth-order valence-electron chi connectivity index (χ4n) is 2.53. The largest absolute Gasteiger partial charge is 0.329 e. The van der Waals surface area contributed by atoms with Crippen LogP contribution in [0.4, 0.5) is 0 Å². The standard InChI is InChI=1S/C18H25ClN4S/c1-13-7-9-22-14(10-13)12-24-18(11-20)16(21)5-2-6-17-15(19)4-3-8-23-17/h3-4,7-10,16,18H,2,5-6,11-12,20-21H2,1H3. The number of thioether (sulfide) groups is 1. The summed E-state index contributed by atoms with van der Waals surface area (Å²) in [7, 11) is 0. The van der Waals surface area contributed by atoms with Gasteiger partial charge in [0.05, 0.1) is 16.4 Å². The maximum atomic E-state index is 6.35. The molecule has 0 aliphatic heterocycles. The van der Waals surface area contributed by atoms with E-state index in [0.717, 1.165) is 41.4 Å². The van der Waals surface area contributed by atoms with Crippen LogP contribution in [0.15, 0.2) is 36.7 Å². The number of pyridine rings is 2. The molecule has 2 aromatic rings. The van der Waals surface area contributed by atoms with Gasteiger partial charge in [-0.3, -0.25) is 9.97 Å². The molecule has 2 heterocycles. The smallest absolute Gasteiger partial charge is 0.0621 e. The van der Waals surface area contributed by atoms with Crippen LogP contribution < -0.4 is 11.5 Å². The van der Waals surface area contributed by atoms with E-state index in [-0.39, 0.29) is 11.3 Å². The topological polar surface area (TPSA) is 77.8 Å². The number of halogens is 1. The van der Waals surface area contributed by atoms with E-state index in [1.807, 2.05) is 24.4 Å². The van der Waals surface area contributed by atoms with Gasteiger partial charge in [-0.15, -0.1) is 11.8 Å². The second-order valence-corrected chi connectivity index (χ2v) is 7.53. The van der Waals surface area contributed by atoms with E-state index in [1.54, 1.807) is 18.0 Å². The van der Waals surface area contributed by atoms with Crippen molar-refractivity contribution in [1.29, 1.82) is 0 Å². The lowest BCUT2D eigenvalue weighted by Gasteiger charge is -2.22. The third-order valence-corrected chi connectivity index (χ3v) is 5.69. The molecule has 0 fully saturated rings. The summed E-state index contributed by atoms with van der Waals surface area (Å²) in [6.45, 7) is 2.65. The first-order valence-corrected chi connectivity index (χ1v) is 9.61. The van der Waals surface area contributed by atoms with Gasteiger partial charge in [0.1, 0.15) is 0 Å². The lowest BCUT2D eigenvalue weighted by Crippen LogP contribution is -2.37. The molecule has 0 aromatic carbocycles. The Morgan fingerprint density at radius 1 is 1.25 bits per heavy atom. The van der Waals surface area contributed by atoms with Gasteiger partial charge in [0.15, 0.2) is 0 Å². The van der Waals surface area contributed by atoms with E-state index < -0.39 is 0 Å². The normalized spacial score (nSPS) is 13.7. The number of nitrogens with zero attached hydrogens (tertiary/aromatic N) is 2. The molecule has 2 atom stereocenters. The molecule has 130 valence electrons. The first-order valence-electron chi connectivity index (χ1n) is 8.18. The van der Waals surface area contributed by atoms with Gasteiger partial charge in [0.25, 0.3) is 0 Å². The Morgan fingerprint density at radius 3 is 2.79 bits per heavy atom. The molecule has 0 saturated carbocycles. The predicted molar refractivity (Wildman–Crippen MR) is 103 cm³/mol. The SMILES string of the molecule is Cc1ccnc(CSC(CN)C(N)CCCc2ncccc2Cl)c1. The molecular formula is C18H25ClN4S. The summed E-state index contributed by atoms with van der Waals surface area (Å²) in [6.07, 6.45) is 6.32. The van der Waals surface area contributed by atoms with E-state index >= 15 is 0 Å². The van der Waals surface area contributed by atoms with Crippen molar-refractivity contribution >= 4 is 23.4 Å². The minimum absolute atomic E-state index is 0.0623. The number of rotatable bonds is 9. The highest BCUT2D eigenvalue weighted by molar-refractivity contribution is 7.99. The molecule has 2 rings (SSSR count). The molecule has 0 saturated heterocycles. The number of hydrogen-bond acceptors (Lipinski definition) is 5. The van der Waals surface area contributed by atoms with Crippen LogP contribution in [-0.4, -0.2) is 27.8 Å². The van der Waals surface area contributed by atoms with Gasteiger partial charge in [-0.1, -0.05) is 11.6 Å². The molecule has 2 aromatic heterocycles. The van der Waals surface area contributed by atoms with E-state index in [0.29, 0.717) is 6.54 Å². The highest BCUT2D eigenvalue weighted by Gasteiger charge is 2.17. The molecule has 24 heavy (non-hydrogen) atoms. The maximum Gasteiger partial charge on any atom is 0.0621 e.